The third kappa shape index (κ3) is 4.37. The van der Waals surface area contributed by atoms with Crippen molar-refractivity contribution in [3.8, 4) is 0 Å². The fourth-order valence-electron chi connectivity index (χ4n) is 2.81. The van der Waals surface area contributed by atoms with E-state index in [1.54, 1.807) is 0 Å². The van der Waals surface area contributed by atoms with E-state index in [0.717, 1.165) is 12.8 Å². The van der Waals surface area contributed by atoms with Gasteiger partial charge < -0.3 is 5.32 Å². The van der Waals surface area contributed by atoms with Crippen molar-refractivity contribution in [2.75, 3.05) is 6.54 Å². The molecule has 0 aliphatic carbocycles. The number of hydrogen-bond acceptors (Lipinski definition) is 5. The van der Waals surface area contributed by atoms with Crippen LogP contribution >= 0.6 is 34.5 Å². The summed E-state index contributed by atoms with van der Waals surface area (Å²) in [6, 6.07) is 5.14. The van der Waals surface area contributed by atoms with Crippen LogP contribution in [0.5, 0.6) is 0 Å². The number of halogens is 2. The molecule has 1 aliphatic rings. The minimum Gasteiger partial charge on any atom is -0.355 e. The number of benzene rings is 1. The molecule has 2 aromatic rings. The van der Waals surface area contributed by atoms with Gasteiger partial charge in [-0.1, -0.05) is 23.2 Å². The average Bonchev–Trinajstić information content (AvgIpc) is 2.89. The number of sulfonamides is 1. The van der Waals surface area contributed by atoms with E-state index in [9.17, 15) is 13.2 Å². The smallest absolute Gasteiger partial charge is 0.244 e. The maximum absolute atomic E-state index is 13.3. The molecule has 10 heteroatoms. The highest BCUT2D eigenvalue weighted by Gasteiger charge is 2.36. The molecule has 1 amide bonds. The van der Waals surface area contributed by atoms with Gasteiger partial charge in [0.15, 0.2) is 4.47 Å². The predicted molar refractivity (Wildman–Crippen MR) is 102 cm³/mol. The molecule has 1 aromatic heterocycles. The third-order valence-corrected chi connectivity index (χ3v) is 7.33. The number of thiazole rings is 1. The molecule has 1 unspecified atom stereocenters. The quantitative estimate of drug-likeness (QED) is 0.783. The lowest BCUT2D eigenvalue weighted by molar-refractivity contribution is -0.124. The number of carbonyl (C=O) groups excluding carboxylic acids is 1. The maximum Gasteiger partial charge on any atom is 0.244 e. The van der Waals surface area contributed by atoms with Crippen molar-refractivity contribution in [3.05, 3.63) is 44.8 Å². The molecule has 1 N–H and O–H groups in total. The van der Waals surface area contributed by atoms with Crippen molar-refractivity contribution in [3.63, 3.8) is 0 Å². The fraction of sp³-hybridized carbons (Fsp3) is 0.375. The Bertz CT molecular complexity index is 884. The standard InChI is InChI=1S/C16H17Cl2N3O3S2/c17-11-4-6-13(7-5-11)26(23,24)21(10-12-9-20-16(18)25-12)14-3-1-2-8-19-15(14)22/h4-7,9,14H,1-3,8,10H2,(H,19,22). The number of amides is 1. The Hall–Kier alpha value is -1.19. The van der Waals surface area contributed by atoms with E-state index in [1.807, 2.05) is 0 Å². The highest BCUT2D eigenvalue weighted by molar-refractivity contribution is 7.89. The first-order valence-electron chi connectivity index (χ1n) is 8.03. The van der Waals surface area contributed by atoms with Gasteiger partial charge in [-0.2, -0.15) is 4.31 Å². The maximum atomic E-state index is 13.3. The van der Waals surface area contributed by atoms with Crippen molar-refractivity contribution in [1.82, 2.24) is 14.6 Å². The summed E-state index contributed by atoms with van der Waals surface area (Å²) in [6.45, 7) is 0.587. The zero-order chi connectivity index (χ0) is 18.7. The summed E-state index contributed by atoms with van der Waals surface area (Å²) in [5.41, 5.74) is 0. The van der Waals surface area contributed by atoms with Crippen molar-refractivity contribution in [2.45, 2.75) is 36.7 Å². The second kappa shape index (κ2) is 8.22. The Balaban J connectivity index is 2.00. The van der Waals surface area contributed by atoms with E-state index in [0.29, 0.717) is 27.3 Å². The molecule has 0 radical (unpaired) electrons. The van der Waals surface area contributed by atoms with Gasteiger partial charge in [0.1, 0.15) is 6.04 Å². The molecule has 6 nitrogen and oxygen atoms in total. The molecule has 1 saturated heterocycles. The first-order valence-corrected chi connectivity index (χ1v) is 11.0. The second-order valence-electron chi connectivity index (χ2n) is 5.89. The van der Waals surface area contributed by atoms with E-state index in [-0.39, 0.29) is 17.3 Å². The Morgan fingerprint density at radius 2 is 1.96 bits per heavy atom. The first kappa shape index (κ1) is 19.6. The topological polar surface area (TPSA) is 79.4 Å². The van der Waals surface area contributed by atoms with Crippen molar-refractivity contribution in [2.24, 2.45) is 0 Å². The Labute approximate surface area is 166 Å². The monoisotopic (exact) mass is 433 g/mol. The van der Waals surface area contributed by atoms with Gasteiger partial charge in [-0.05, 0) is 43.5 Å². The molecule has 3 rings (SSSR count). The van der Waals surface area contributed by atoms with Crippen molar-refractivity contribution in [1.29, 1.82) is 0 Å². The van der Waals surface area contributed by atoms with Crippen LogP contribution in [0.1, 0.15) is 24.1 Å². The highest BCUT2D eigenvalue weighted by Crippen LogP contribution is 2.28. The Kier molecular flexibility index (Phi) is 6.19. The van der Waals surface area contributed by atoms with E-state index in [2.05, 4.69) is 10.3 Å². The molecular weight excluding hydrogens is 417 g/mol. The zero-order valence-corrected chi connectivity index (χ0v) is 16.8. The van der Waals surface area contributed by atoms with Crippen molar-refractivity contribution < 1.29 is 13.2 Å². The van der Waals surface area contributed by atoms with Gasteiger partial charge >= 0.3 is 0 Å². The minimum absolute atomic E-state index is 0.0352. The summed E-state index contributed by atoms with van der Waals surface area (Å²) in [4.78, 5) is 17.2. The summed E-state index contributed by atoms with van der Waals surface area (Å²) < 4.78 is 28.1. The molecule has 1 aromatic carbocycles. The SMILES string of the molecule is O=C1NCCCCC1N(Cc1cnc(Cl)s1)S(=O)(=O)c1ccc(Cl)cc1. The number of rotatable bonds is 5. The minimum atomic E-state index is -3.91. The molecule has 1 aliphatic heterocycles. The molecule has 0 spiro atoms. The Morgan fingerprint density at radius 1 is 1.23 bits per heavy atom. The van der Waals surface area contributed by atoms with Crippen LogP contribution in [0.2, 0.25) is 9.49 Å². The first-order chi connectivity index (χ1) is 12.4. The number of hydrogen-bond donors (Lipinski definition) is 1. The number of carbonyl (C=O) groups is 1. The summed E-state index contributed by atoms with van der Waals surface area (Å²) in [7, 11) is -3.91. The molecule has 0 bridgehead atoms. The largest absolute Gasteiger partial charge is 0.355 e. The van der Waals surface area contributed by atoms with E-state index < -0.39 is 16.1 Å². The van der Waals surface area contributed by atoms with Gasteiger partial charge in [-0.3, -0.25) is 4.79 Å². The lowest BCUT2D eigenvalue weighted by atomic mass is 10.1. The number of aromatic nitrogens is 1. The molecule has 1 atom stereocenters. The lowest BCUT2D eigenvalue weighted by Crippen LogP contribution is -2.48. The third-order valence-electron chi connectivity index (χ3n) is 4.11. The van der Waals surface area contributed by atoms with E-state index in [4.69, 9.17) is 23.2 Å². The van der Waals surface area contributed by atoms with Crippen LogP contribution in [0.3, 0.4) is 0 Å². The summed E-state index contributed by atoms with van der Waals surface area (Å²) in [5, 5.41) is 3.24. The molecule has 0 saturated carbocycles. The fourth-order valence-corrected chi connectivity index (χ4v) is 5.59. The van der Waals surface area contributed by atoms with E-state index in [1.165, 1.54) is 46.1 Å². The number of nitrogens with one attached hydrogen (secondary N) is 1. The van der Waals surface area contributed by atoms with Crippen LogP contribution in [-0.2, 0) is 21.4 Å². The van der Waals surface area contributed by atoms with Gasteiger partial charge in [-0.15, -0.1) is 11.3 Å². The predicted octanol–water partition coefficient (Wildman–Crippen LogP) is 3.31. The molecule has 140 valence electrons. The lowest BCUT2D eigenvalue weighted by Gasteiger charge is -2.28. The van der Waals surface area contributed by atoms with Gasteiger partial charge in [0.2, 0.25) is 15.9 Å². The molecule has 1 fully saturated rings. The normalized spacial score (nSPS) is 18.6. The second-order valence-corrected chi connectivity index (χ2v) is 9.91. The zero-order valence-electron chi connectivity index (χ0n) is 13.7. The van der Waals surface area contributed by atoms with Gasteiger partial charge in [0.05, 0.1) is 11.4 Å². The molecule has 26 heavy (non-hydrogen) atoms. The van der Waals surface area contributed by atoms with Crippen LogP contribution in [0, 0.1) is 0 Å². The average molecular weight is 434 g/mol. The van der Waals surface area contributed by atoms with Crippen LogP contribution in [0.4, 0.5) is 0 Å². The van der Waals surface area contributed by atoms with Crippen molar-refractivity contribution >= 4 is 50.5 Å². The molecular formula is C16H17Cl2N3O3S2. The van der Waals surface area contributed by atoms with Gasteiger partial charge in [0.25, 0.3) is 0 Å². The van der Waals surface area contributed by atoms with Crippen LogP contribution in [0.15, 0.2) is 35.4 Å². The van der Waals surface area contributed by atoms with Crippen LogP contribution in [-0.4, -0.2) is 36.2 Å². The van der Waals surface area contributed by atoms with Gasteiger partial charge in [-0.25, -0.2) is 13.4 Å². The van der Waals surface area contributed by atoms with E-state index >= 15 is 0 Å². The van der Waals surface area contributed by atoms with Gasteiger partial charge in [0, 0.05) is 22.6 Å². The highest BCUT2D eigenvalue weighted by atomic mass is 35.5. The summed E-state index contributed by atoms with van der Waals surface area (Å²) >= 11 is 12.9. The Morgan fingerprint density at radius 3 is 2.62 bits per heavy atom. The van der Waals surface area contributed by atoms with Crippen LogP contribution < -0.4 is 5.32 Å². The molecule has 2 heterocycles. The van der Waals surface area contributed by atoms with Crippen LogP contribution in [0.25, 0.3) is 0 Å². The number of nitrogens with zero attached hydrogens (tertiary/aromatic N) is 2. The summed E-state index contributed by atoms with van der Waals surface area (Å²) in [5.74, 6) is -0.282. The summed E-state index contributed by atoms with van der Waals surface area (Å²) in [6.07, 6.45) is 3.58.